The molecule has 2 N–H and O–H groups in total. The summed E-state index contributed by atoms with van der Waals surface area (Å²) in [5.41, 5.74) is 2.04. The van der Waals surface area contributed by atoms with Gasteiger partial charge in [-0.25, -0.2) is 9.37 Å². The molecular weight excluding hydrogens is 291 g/mol. The standard InChI is InChI=1S/C16H12ClFN2O/c17-13-8-11(6-7-14(13)18)19-9-12-5-4-10-2-1-3-15(21)16(10)20-12/h1-8,19,21H,9H2. The monoisotopic (exact) mass is 302 g/mol. The molecule has 21 heavy (non-hydrogen) atoms. The van der Waals surface area contributed by atoms with Crippen LogP contribution in [0.25, 0.3) is 10.9 Å². The van der Waals surface area contributed by atoms with Gasteiger partial charge < -0.3 is 10.4 Å². The molecule has 0 amide bonds. The number of nitrogens with one attached hydrogen (secondary N) is 1. The molecule has 0 aliphatic heterocycles. The molecule has 0 saturated heterocycles. The van der Waals surface area contributed by atoms with E-state index in [-0.39, 0.29) is 10.8 Å². The summed E-state index contributed by atoms with van der Waals surface area (Å²) in [4.78, 5) is 4.41. The number of halogens is 2. The van der Waals surface area contributed by atoms with Gasteiger partial charge in [0.25, 0.3) is 0 Å². The highest BCUT2D eigenvalue weighted by Gasteiger charge is 2.04. The normalized spacial score (nSPS) is 10.8. The Morgan fingerprint density at radius 3 is 2.81 bits per heavy atom. The largest absolute Gasteiger partial charge is 0.506 e. The van der Waals surface area contributed by atoms with E-state index in [2.05, 4.69) is 10.3 Å². The van der Waals surface area contributed by atoms with Gasteiger partial charge in [-0.3, -0.25) is 0 Å². The number of aromatic hydroxyl groups is 1. The maximum atomic E-state index is 13.1. The Labute approximate surface area is 126 Å². The van der Waals surface area contributed by atoms with Crippen LogP contribution in [0.4, 0.5) is 10.1 Å². The molecule has 0 aliphatic carbocycles. The lowest BCUT2D eigenvalue weighted by Crippen LogP contribution is -2.02. The number of nitrogens with zero attached hydrogens (tertiary/aromatic N) is 1. The van der Waals surface area contributed by atoms with Crippen LogP contribution in [0.15, 0.2) is 48.5 Å². The molecule has 3 rings (SSSR count). The Hall–Kier alpha value is -2.33. The van der Waals surface area contributed by atoms with E-state index in [1.807, 2.05) is 18.2 Å². The van der Waals surface area contributed by atoms with E-state index in [4.69, 9.17) is 11.6 Å². The van der Waals surface area contributed by atoms with Crippen LogP contribution in [0.3, 0.4) is 0 Å². The maximum Gasteiger partial charge on any atom is 0.141 e. The van der Waals surface area contributed by atoms with E-state index in [1.165, 1.54) is 12.1 Å². The molecule has 0 atom stereocenters. The molecule has 1 aromatic heterocycles. The zero-order chi connectivity index (χ0) is 14.8. The Balaban J connectivity index is 1.81. The molecule has 5 heteroatoms. The summed E-state index contributed by atoms with van der Waals surface area (Å²) in [6, 6.07) is 13.5. The topological polar surface area (TPSA) is 45.1 Å². The average Bonchev–Trinajstić information content (AvgIpc) is 2.49. The summed E-state index contributed by atoms with van der Waals surface area (Å²) in [7, 11) is 0. The number of anilines is 1. The number of para-hydroxylation sites is 1. The molecule has 0 unspecified atom stereocenters. The first-order valence-corrected chi connectivity index (χ1v) is 6.78. The second-order valence-electron chi connectivity index (χ2n) is 4.63. The smallest absolute Gasteiger partial charge is 0.141 e. The van der Waals surface area contributed by atoms with Gasteiger partial charge in [-0.15, -0.1) is 0 Å². The highest BCUT2D eigenvalue weighted by molar-refractivity contribution is 6.31. The Kier molecular flexibility index (Phi) is 3.62. The molecule has 0 aliphatic rings. The van der Waals surface area contributed by atoms with E-state index in [0.29, 0.717) is 17.7 Å². The van der Waals surface area contributed by atoms with Crippen molar-refractivity contribution in [1.29, 1.82) is 0 Å². The van der Waals surface area contributed by atoms with Gasteiger partial charge in [0, 0.05) is 11.1 Å². The van der Waals surface area contributed by atoms with Crippen molar-refractivity contribution in [2.75, 3.05) is 5.32 Å². The molecule has 0 spiro atoms. The number of hydrogen-bond donors (Lipinski definition) is 2. The molecule has 0 radical (unpaired) electrons. The third-order valence-corrected chi connectivity index (χ3v) is 3.44. The number of phenolic OH excluding ortho intramolecular Hbond substituents is 1. The molecule has 3 aromatic rings. The third kappa shape index (κ3) is 2.90. The van der Waals surface area contributed by atoms with Crippen LogP contribution >= 0.6 is 11.6 Å². The summed E-state index contributed by atoms with van der Waals surface area (Å²) >= 11 is 5.73. The van der Waals surface area contributed by atoms with Crippen LogP contribution < -0.4 is 5.32 Å². The fraction of sp³-hybridized carbons (Fsp3) is 0.0625. The first-order valence-electron chi connectivity index (χ1n) is 6.40. The summed E-state index contributed by atoms with van der Waals surface area (Å²) in [5, 5.41) is 13.9. The van der Waals surface area contributed by atoms with E-state index in [9.17, 15) is 9.50 Å². The lowest BCUT2D eigenvalue weighted by Gasteiger charge is -2.08. The number of rotatable bonds is 3. The van der Waals surface area contributed by atoms with E-state index in [1.54, 1.807) is 18.2 Å². The van der Waals surface area contributed by atoms with Crippen molar-refractivity contribution in [3.63, 3.8) is 0 Å². The van der Waals surface area contributed by atoms with Gasteiger partial charge in [-0.2, -0.15) is 0 Å². The zero-order valence-electron chi connectivity index (χ0n) is 11.0. The molecule has 106 valence electrons. The van der Waals surface area contributed by atoms with Gasteiger partial charge in [0.05, 0.1) is 17.3 Å². The first kappa shape index (κ1) is 13.6. The summed E-state index contributed by atoms with van der Waals surface area (Å²) in [6.45, 7) is 0.451. The minimum absolute atomic E-state index is 0.0733. The van der Waals surface area contributed by atoms with Crippen molar-refractivity contribution in [1.82, 2.24) is 4.98 Å². The number of pyridine rings is 1. The highest BCUT2D eigenvalue weighted by Crippen LogP contribution is 2.23. The van der Waals surface area contributed by atoms with Crippen LogP contribution in [-0.4, -0.2) is 10.1 Å². The maximum absolute atomic E-state index is 13.1. The number of fused-ring (bicyclic) bond motifs is 1. The molecule has 0 saturated carbocycles. The molecule has 2 aromatic carbocycles. The second kappa shape index (κ2) is 5.58. The van der Waals surface area contributed by atoms with Gasteiger partial charge in [-0.1, -0.05) is 29.8 Å². The lowest BCUT2D eigenvalue weighted by atomic mass is 10.2. The van der Waals surface area contributed by atoms with Gasteiger partial charge in [0.2, 0.25) is 0 Å². The molecule has 3 nitrogen and oxygen atoms in total. The van der Waals surface area contributed by atoms with Gasteiger partial charge in [-0.05, 0) is 30.3 Å². The number of aromatic nitrogens is 1. The highest BCUT2D eigenvalue weighted by atomic mass is 35.5. The zero-order valence-corrected chi connectivity index (χ0v) is 11.7. The second-order valence-corrected chi connectivity index (χ2v) is 5.04. The number of phenols is 1. The lowest BCUT2D eigenvalue weighted by molar-refractivity contribution is 0.480. The predicted molar refractivity (Wildman–Crippen MR) is 82.1 cm³/mol. The number of hydrogen-bond acceptors (Lipinski definition) is 3. The molecule has 0 fully saturated rings. The van der Waals surface area contributed by atoms with E-state index >= 15 is 0 Å². The Bertz CT molecular complexity index is 807. The minimum Gasteiger partial charge on any atom is -0.506 e. The van der Waals surface area contributed by atoms with Crippen molar-refractivity contribution in [3.8, 4) is 5.75 Å². The predicted octanol–water partition coefficient (Wildman–Crippen LogP) is 4.35. The van der Waals surface area contributed by atoms with E-state index < -0.39 is 5.82 Å². The molecular formula is C16H12ClFN2O. The van der Waals surface area contributed by atoms with Gasteiger partial charge in [0.1, 0.15) is 17.1 Å². The fourth-order valence-electron chi connectivity index (χ4n) is 2.07. The minimum atomic E-state index is -0.448. The van der Waals surface area contributed by atoms with Crippen molar-refractivity contribution < 1.29 is 9.50 Å². The first-order chi connectivity index (χ1) is 10.1. The Morgan fingerprint density at radius 1 is 1.14 bits per heavy atom. The van der Waals surface area contributed by atoms with E-state index in [0.717, 1.165) is 11.1 Å². The fourth-order valence-corrected chi connectivity index (χ4v) is 2.25. The summed E-state index contributed by atoms with van der Waals surface area (Å²) in [5.74, 6) is -0.296. The Morgan fingerprint density at radius 2 is 2.00 bits per heavy atom. The summed E-state index contributed by atoms with van der Waals surface area (Å²) in [6.07, 6.45) is 0. The third-order valence-electron chi connectivity index (χ3n) is 3.15. The average molecular weight is 303 g/mol. The van der Waals surface area contributed by atoms with Crippen LogP contribution in [0.2, 0.25) is 5.02 Å². The SMILES string of the molecule is Oc1cccc2ccc(CNc3ccc(F)c(Cl)c3)nc12. The van der Waals surface area contributed by atoms with Crippen LogP contribution in [-0.2, 0) is 6.54 Å². The molecule has 1 heterocycles. The van der Waals surface area contributed by atoms with Gasteiger partial charge in [0.15, 0.2) is 0 Å². The van der Waals surface area contributed by atoms with Crippen LogP contribution in [0, 0.1) is 5.82 Å². The van der Waals surface area contributed by atoms with Crippen molar-refractivity contribution in [3.05, 3.63) is 65.1 Å². The van der Waals surface area contributed by atoms with Crippen molar-refractivity contribution in [2.24, 2.45) is 0 Å². The quantitative estimate of drug-likeness (QED) is 0.756. The number of benzene rings is 2. The molecule has 0 bridgehead atoms. The van der Waals surface area contributed by atoms with Gasteiger partial charge >= 0.3 is 0 Å². The van der Waals surface area contributed by atoms with Crippen LogP contribution in [0.1, 0.15) is 5.69 Å². The van der Waals surface area contributed by atoms with Crippen molar-refractivity contribution in [2.45, 2.75) is 6.54 Å². The van der Waals surface area contributed by atoms with Crippen molar-refractivity contribution >= 4 is 28.2 Å². The van der Waals surface area contributed by atoms with Crippen LogP contribution in [0.5, 0.6) is 5.75 Å². The summed E-state index contributed by atoms with van der Waals surface area (Å²) < 4.78 is 13.1.